The minimum Gasteiger partial charge on any atom is -0.462 e. The maximum atomic E-state index is 11.9. The van der Waals surface area contributed by atoms with E-state index < -0.39 is 0 Å². The number of carbonyl (C=O) groups excluding carboxylic acids is 1. The van der Waals surface area contributed by atoms with Gasteiger partial charge in [-0.25, -0.2) is 0 Å². The first-order valence-corrected chi connectivity index (χ1v) is 11.1. The molecule has 8 atom stereocenters. The Morgan fingerprint density at radius 3 is 2.56 bits per heavy atom. The average Bonchev–Trinajstić information content (AvgIpc) is 2.92. The van der Waals surface area contributed by atoms with Crippen LogP contribution in [0.15, 0.2) is 0 Å². The first-order valence-electron chi connectivity index (χ1n) is 11.1. The highest BCUT2D eigenvalue weighted by Crippen LogP contribution is 2.68. The van der Waals surface area contributed by atoms with Crippen LogP contribution in [0.5, 0.6) is 0 Å². The van der Waals surface area contributed by atoms with Crippen molar-refractivity contribution in [3.05, 3.63) is 0 Å². The first-order chi connectivity index (χ1) is 11.9. The minimum absolute atomic E-state index is 0.0636. The molecule has 0 aliphatic heterocycles. The van der Waals surface area contributed by atoms with Crippen molar-refractivity contribution in [2.24, 2.45) is 40.4 Å². The molecule has 4 rings (SSSR count). The zero-order valence-corrected chi connectivity index (χ0v) is 16.9. The van der Waals surface area contributed by atoms with Crippen LogP contribution in [0.1, 0.15) is 91.9 Å². The lowest BCUT2D eigenvalue weighted by Gasteiger charge is -2.62. The molecule has 142 valence electrons. The highest BCUT2D eigenvalue weighted by atomic mass is 16.5. The van der Waals surface area contributed by atoms with Crippen LogP contribution in [-0.4, -0.2) is 12.1 Å². The standard InChI is InChI=1S/C23H38O2/c1-5-16-10-12-19-18-11-9-17-8-6-7-13-22(17,3)20(18)14-21(23(16,19)4)25-15(2)24/h16-21H,5-14H2,1-4H3/t16-,17+,18-,19-,20-,21-,22-,23+/m0/s1. The van der Waals surface area contributed by atoms with Gasteiger partial charge in [0.25, 0.3) is 0 Å². The van der Waals surface area contributed by atoms with Gasteiger partial charge in [0.1, 0.15) is 6.10 Å². The lowest BCUT2D eigenvalue weighted by Crippen LogP contribution is -2.58. The van der Waals surface area contributed by atoms with Gasteiger partial charge in [-0.3, -0.25) is 4.79 Å². The first kappa shape index (κ1) is 17.9. The van der Waals surface area contributed by atoms with E-state index >= 15 is 0 Å². The number of carbonyl (C=O) groups is 1. The monoisotopic (exact) mass is 346 g/mol. The van der Waals surface area contributed by atoms with E-state index in [1.807, 2.05) is 0 Å². The fraction of sp³-hybridized carbons (Fsp3) is 0.957. The summed E-state index contributed by atoms with van der Waals surface area (Å²) in [5, 5.41) is 0. The van der Waals surface area contributed by atoms with E-state index in [0.29, 0.717) is 5.41 Å². The summed E-state index contributed by atoms with van der Waals surface area (Å²) in [6.45, 7) is 9.05. The summed E-state index contributed by atoms with van der Waals surface area (Å²) in [6.07, 6.45) is 13.8. The van der Waals surface area contributed by atoms with Crippen LogP contribution in [0, 0.1) is 40.4 Å². The quantitative estimate of drug-likeness (QED) is 0.574. The molecule has 0 N–H and O–H groups in total. The van der Waals surface area contributed by atoms with E-state index in [-0.39, 0.29) is 17.5 Å². The molecule has 0 aromatic rings. The number of fused-ring (bicyclic) bond motifs is 5. The Kier molecular flexibility index (Phi) is 4.48. The third kappa shape index (κ3) is 2.52. The van der Waals surface area contributed by atoms with Gasteiger partial charge < -0.3 is 4.74 Å². The largest absolute Gasteiger partial charge is 0.462 e. The topological polar surface area (TPSA) is 26.3 Å². The van der Waals surface area contributed by atoms with Gasteiger partial charge >= 0.3 is 5.97 Å². The van der Waals surface area contributed by atoms with Crippen LogP contribution >= 0.6 is 0 Å². The van der Waals surface area contributed by atoms with Gasteiger partial charge in [-0.15, -0.1) is 0 Å². The molecule has 25 heavy (non-hydrogen) atoms. The van der Waals surface area contributed by atoms with Crippen LogP contribution in [0.25, 0.3) is 0 Å². The number of ether oxygens (including phenoxy) is 1. The van der Waals surface area contributed by atoms with Crippen molar-refractivity contribution in [2.45, 2.75) is 98.0 Å². The molecule has 0 amide bonds. The molecule has 0 aromatic heterocycles. The summed E-state index contributed by atoms with van der Waals surface area (Å²) in [6, 6.07) is 0. The molecule has 0 heterocycles. The number of esters is 1. The fourth-order valence-electron chi connectivity index (χ4n) is 8.39. The van der Waals surface area contributed by atoms with Gasteiger partial charge in [0, 0.05) is 12.3 Å². The fourth-order valence-corrected chi connectivity index (χ4v) is 8.39. The van der Waals surface area contributed by atoms with Crippen LogP contribution in [0.4, 0.5) is 0 Å². The van der Waals surface area contributed by atoms with Crippen molar-refractivity contribution in [1.82, 2.24) is 0 Å². The Bertz CT molecular complexity index is 528. The lowest BCUT2D eigenvalue weighted by molar-refractivity contribution is -0.190. The molecule has 4 saturated carbocycles. The van der Waals surface area contributed by atoms with Crippen LogP contribution in [0.2, 0.25) is 0 Å². The molecule has 0 unspecified atom stereocenters. The van der Waals surface area contributed by atoms with E-state index in [1.165, 1.54) is 57.8 Å². The third-order valence-electron chi connectivity index (χ3n) is 9.65. The number of rotatable bonds is 2. The summed E-state index contributed by atoms with van der Waals surface area (Å²) in [7, 11) is 0. The smallest absolute Gasteiger partial charge is 0.302 e. The van der Waals surface area contributed by atoms with E-state index in [9.17, 15) is 4.79 Å². The van der Waals surface area contributed by atoms with Crippen LogP contribution < -0.4 is 0 Å². The number of hydrogen-bond acceptors (Lipinski definition) is 2. The Labute approximate surface area is 154 Å². The zero-order valence-electron chi connectivity index (χ0n) is 16.9. The van der Waals surface area contributed by atoms with Crippen molar-refractivity contribution in [1.29, 1.82) is 0 Å². The van der Waals surface area contributed by atoms with Crippen LogP contribution in [-0.2, 0) is 9.53 Å². The summed E-state index contributed by atoms with van der Waals surface area (Å²) in [5.74, 6) is 4.04. The highest BCUT2D eigenvalue weighted by molar-refractivity contribution is 5.66. The minimum atomic E-state index is -0.0636. The zero-order chi connectivity index (χ0) is 17.8. The van der Waals surface area contributed by atoms with Crippen molar-refractivity contribution in [2.75, 3.05) is 0 Å². The maximum Gasteiger partial charge on any atom is 0.302 e. The summed E-state index contributed by atoms with van der Waals surface area (Å²) in [4.78, 5) is 11.9. The molecular weight excluding hydrogens is 308 g/mol. The Morgan fingerprint density at radius 1 is 1.04 bits per heavy atom. The van der Waals surface area contributed by atoms with Gasteiger partial charge in [-0.05, 0) is 80.0 Å². The van der Waals surface area contributed by atoms with Gasteiger partial charge in [0.2, 0.25) is 0 Å². The Balaban J connectivity index is 1.70. The summed E-state index contributed by atoms with van der Waals surface area (Å²) < 4.78 is 6.07. The SMILES string of the molecule is CC[C@H]1CC[C@H]2[C@@H]3CC[C@H]4CCCC[C@]4(C)[C@H]3C[C@H](OC(C)=O)[C@]12C. The summed E-state index contributed by atoms with van der Waals surface area (Å²) in [5.41, 5.74) is 0.727. The van der Waals surface area contributed by atoms with Gasteiger partial charge in [-0.1, -0.05) is 40.0 Å². The summed E-state index contributed by atoms with van der Waals surface area (Å²) >= 11 is 0. The van der Waals surface area contributed by atoms with Crippen molar-refractivity contribution in [3.8, 4) is 0 Å². The highest BCUT2D eigenvalue weighted by Gasteiger charge is 2.63. The molecular formula is C23H38O2. The second-order valence-electron chi connectivity index (χ2n) is 10.3. The molecule has 4 aliphatic rings. The molecule has 2 nitrogen and oxygen atoms in total. The Hall–Kier alpha value is -0.530. The Morgan fingerprint density at radius 2 is 1.84 bits per heavy atom. The molecule has 0 radical (unpaired) electrons. The average molecular weight is 347 g/mol. The van der Waals surface area contributed by atoms with Crippen molar-refractivity contribution in [3.63, 3.8) is 0 Å². The van der Waals surface area contributed by atoms with E-state index in [1.54, 1.807) is 6.92 Å². The van der Waals surface area contributed by atoms with E-state index in [4.69, 9.17) is 4.74 Å². The van der Waals surface area contributed by atoms with Gasteiger partial charge in [0.15, 0.2) is 0 Å². The van der Waals surface area contributed by atoms with Crippen LogP contribution in [0.3, 0.4) is 0 Å². The van der Waals surface area contributed by atoms with Gasteiger partial charge in [-0.2, -0.15) is 0 Å². The second kappa shape index (κ2) is 6.27. The molecule has 0 spiro atoms. The number of hydrogen-bond donors (Lipinski definition) is 0. The molecule has 0 aromatic carbocycles. The predicted molar refractivity (Wildman–Crippen MR) is 101 cm³/mol. The molecule has 0 saturated heterocycles. The normalized spacial score (nSPS) is 52.0. The van der Waals surface area contributed by atoms with Gasteiger partial charge in [0.05, 0.1) is 0 Å². The molecule has 0 bridgehead atoms. The second-order valence-corrected chi connectivity index (χ2v) is 10.3. The molecule has 2 heteroatoms. The van der Waals surface area contributed by atoms with E-state index in [0.717, 1.165) is 36.0 Å². The lowest BCUT2D eigenvalue weighted by atomic mass is 9.44. The third-order valence-corrected chi connectivity index (χ3v) is 9.65. The van der Waals surface area contributed by atoms with E-state index in [2.05, 4.69) is 20.8 Å². The maximum absolute atomic E-state index is 11.9. The molecule has 4 aliphatic carbocycles. The van der Waals surface area contributed by atoms with Crippen molar-refractivity contribution < 1.29 is 9.53 Å². The van der Waals surface area contributed by atoms with Crippen molar-refractivity contribution >= 4 is 5.97 Å². The molecule has 4 fully saturated rings. The predicted octanol–water partition coefficient (Wildman–Crippen LogP) is 5.99.